The molecular weight excluding hydrogens is 280 g/mol. The molecule has 0 aromatic rings. The lowest BCUT2D eigenvalue weighted by Gasteiger charge is -2.10. The summed E-state index contributed by atoms with van der Waals surface area (Å²) in [7, 11) is 0. The maximum Gasteiger partial charge on any atom is 0.303 e. The van der Waals surface area contributed by atoms with Gasteiger partial charge in [-0.05, 0) is 25.7 Å². The Morgan fingerprint density at radius 1 is 1.05 bits per heavy atom. The molecule has 0 saturated heterocycles. The molecule has 22 heavy (non-hydrogen) atoms. The van der Waals surface area contributed by atoms with Crippen LogP contribution in [0.5, 0.6) is 0 Å². The molecule has 2 N–H and O–H groups in total. The van der Waals surface area contributed by atoms with Gasteiger partial charge in [0.2, 0.25) is 0 Å². The molecule has 0 aromatic carbocycles. The van der Waals surface area contributed by atoms with Gasteiger partial charge in [-0.3, -0.25) is 10.1 Å². The fourth-order valence-electron chi connectivity index (χ4n) is 2.20. The molecule has 0 saturated carbocycles. The summed E-state index contributed by atoms with van der Waals surface area (Å²) in [6, 6.07) is 0. The lowest BCUT2D eigenvalue weighted by molar-refractivity contribution is -0.279. The quantitative estimate of drug-likeness (QED) is 0.185. The first-order valence-corrected chi connectivity index (χ1v) is 8.54. The van der Waals surface area contributed by atoms with E-state index in [9.17, 15) is 4.79 Å². The summed E-state index contributed by atoms with van der Waals surface area (Å²) in [5, 5.41) is 17.4. The summed E-state index contributed by atoms with van der Waals surface area (Å²) in [6.45, 7) is 2.18. The summed E-state index contributed by atoms with van der Waals surface area (Å²) < 4.78 is 0. The Bertz CT molecular complexity index is 310. The number of hydrogen-bond donors (Lipinski definition) is 2. The highest BCUT2D eigenvalue weighted by molar-refractivity contribution is 5.66. The van der Waals surface area contributed by atoms with Crippen LogP contribution >= 0.6 is 0 Å². The number of unbranched alkanes of at least 4 members (excludes halogenated alkanes) is 6. The van der Waals surface area contributed by atoms with Crippen molar-refractivity contribution < 1.29 is 20.0 Å². The van der Waals surface area contributed by atoms with Gasteiger partial charge in [-0.15, -0.1) is 0 Å². The van der Waals surface area contributed by atoms with Gasteiger partial charge in [0.05, 0.1) is 6.10 Å². The van der Waals surface area contributed by atoms with Crippen LogP contribution in [0.15, 0.2) is 24.3 Å². The number of carbonyl (C=O) groups is 1. The highest BCUT2D eigenvalue weighted by atomic mass is 17.1. The summed E-state index contributed by atoms with van der Waals surface area (Å²) in [5.41, 5.74) is 0. The molecule has 0 amide bonds. The molecule has 0 aliphatic carbocycles. The third-order valence-electron chi connectivity index (χ3n) is 3.57. The molecule has 0 heterocycles. The van der Waals surface area contributed by atoms with Crippen LogP contribution in [0.25, 0.3) is 0 Å². The van der Waals surface area contributed by atoms with Gasteiger partial charge < -0.3 is 5.11 Å². The average molecular weight is 312 g/mol. The summed E-state index contributed by atoms with van der Waals surface area (Å²) in [6.07, 6.45) is 18.3. The van der Waals surface area contributed by atoms with Gasteiger partial charge in [-0.1, -0.05) is 69.8 Å². The van der Waals surface area contributed by atoms with Crippen molar-refractivity contribution >= 4 is 5.97 Å². The highest BCUT2D eigenvalue weighted by Gasteiger charge is 2.06. The van der Waals surface area contributed by atoms with Crippen molar-refractivity contribution in [3.63, 3.8) is 0 Å². The van der Waals surface area contributed by atoms with E-state index in [0.717, 1.165) is 44.9 Å². The van der Waals surface area contributed by atoms with Gasteiger partial charge in [0.25, 0.3) is 0 Å². The largest absolute Gasteiger partial charge is 0.481 e. The molecule has 0 aliphatic heterocycles. The lowest BCUT2D eigenvalue weighted by Crippen LogP contribution is -2.09. The zero-order valence-corrected chi connectivity index (χ0v) is 13.9. The SMILES string of the molecule is CCCC/C=C/C=C/C[C@H](CCCCCCCC(=O)O)OO. The number of hydrogen-bond acceptors (Lipinski definition) is 3. The third-order valence-corrected chi connectivity index (χ3v) is 3.57. The molecule has 0 fully saturated rings. The molecule has 0 spiro atoms. The number of allylic oxidation sites excluding steroid dienone is 3. The Hall–Kier alpha value is -1.13. The van der Waals surface area contributed by atoms with Crippen molar-refractivity contribution in [3.8, 4) is 0 Å². The maximum atomic E-state index is 10.4. The van der Waals surface area contributed by atoms with Crippen LogP contribution < -0.4 is 0 Å². The van der Waals surface area contributed by atoms with Crippen LogP contribution in [0.1, 0.15) is 77.6 Å². The second kappa shape index (κ2) is 16.2. The Kier molecular flexibility index (Phi) is 15.4. The smallest absolute Gasteiger partial charge is 0.303 e. The minimum atomic E-state index is -0.718. The van der Waals surface area contributed by atoms with Crippen molar-refractivity contribution in [2.24, 2.45) is 0 Å². The maximum absolute atomic E-state index is 10.4. The van der Waals surface area contributed by atoms with E-state index in [1.54, 1.807) is 0 Å². The first kappa shape index (κ1) is 20.9. The van der Waals surface area contributed by atoms with E-state index in [4.69, 9.17) is 10.4 Å². The van der Waals surface area contributed by atoms with Crippen LogP contribution in [0.3, 0.4) is 0 Å². The lowest BCUT2D eigenvalue weighted by atomic mass is 10.1. The molecule has 128 valence electrons. The first-order valence-electron chi connectivity index (χ1n) is 8.54. The predicted molar refractivity (Wildman–Crippen MR) is 89.9 cm³/mol. The topological polar surface area (TPSA) is 66.8 Å². The van der Waals surface area contributed by atoms with E-state index in [0.29, 0.717) is 6.42 Å². The van der Waals surface area contributed by atoms with E-state index in [1.807, 2.05) is 18.2 Å². The van der Waals surface area contributed by atoms with Crippen molar-refractivity contribution in [2.75, 3.05) is 0 Å². The number of carboxylic acid groups (broad SMARTS) is 1. The summed E-state index contributed by atoms with van der Waals surface area (Å²) in [5.74, 6) is -0.718. The second-order valence-electron chi connectivity index (χ2n) is 5.66. The average Bonchev–Trinajstić information content (AvgIpc) is 2.50. The van der Waals surface area contributed by atoms with Crippen LogP contribution in [0.4, 0.5) is 0 Å². The zero-order valence-electron chi connectivity index (χ0n) is 13.9. The first-order chi connectivity index (χ1) is 10.7. The van der Waals surface area contributed by atoms with E-state index in [-0.39, 0.29) is 12.5 Å². The van der Waals surface area contributed by atoms with Crippen LogP contribution in [0.2, 0.25) is 0 Å². The standard InChI is InChI=1S/C18H32O4/c1-2-3-4-5-6-8-11-14-17(22-21)15-12-9-7-10-13-16-18(19)20/h5-6,8,11,17,21H,2-4,7,9-10,12-16H2,1H3,(H,19,20)/b6-5+,11-8+/t17-/m1/s1. The molecule has 0 rings (SSSR count). The Morgan fingerprint density at radius 2 is 1.73 bits per heavy atom. The van der Waals surface area contributed by atoms with Crippen LogP contribution in [-0.4, -0.2) is 22.4 Å². The molecule has 0 aromatic heterocycles. The minimum Gasteiger partial charge on any atom is -0.481 e. The van der Waals surface area contributed by atoms with Crippen molar-refractivity contribution in [1.29, 1.82) is 0 Å². The molecule has 0 unspecified atom stereocenters. The Balaban J connectivity index is 3.56. The number of carboxylic acids is 1. The number of rotatable bonds is 15. The molecule has 0 aliphatic rings. The molecule has 0 bridgehead atoms. The van der Waals surface area contributed by atoms with E-state index < -0.39 is 5.97 Å². The third kappa shape index (κ3) is 15.3. The van der Waals surface area contributed by atoms with Gasteiger partial charge >= 0.3 is 5.97 Å². The predicted octanol–water partition coefficient (Wildman–Crippen LogP) is 5.35. The summed E-state index contributed by atoms with van der Waals surface area (Å²) in [4.78, 5) is 14.9. The van der Waals surface area contributed by atoms with E-state index >= 15 is 0 Å². The van der Waals surface area contributed by atoms with Gasteiger partial charge in [0.1, 0.15) is 0 Å². The van der Waals surface area contributed by atoms with Crippen LogP contribution in [0, 0.1) is 0 Å². The van der Waals surface area contributed by atoms with Crippen molar-refractivity contribution in [2.45, 2.75) is 83.7 Å². The number of aliphatic carboxylic acids is 1. The zero-order chi connectivity index (χ0) is 16.5. The fraction of sp³-hybridized carbons (Fsp3) is 0.722. The fourth-order valence-corrected chi connectivity index (χ4v) is 2.20. The van der Waals surface area contributed by atoms with Gasteiger partial charge in [0.15, 0.2) is 0 Å². The normalized spacial score (nSPS) is 13.2. The van der Waals surface area contributed by atoms with Gasteiger partial charge in [0, 0.05) is 6.42 Å². The Morgan fingerprint density at radius 3 is 2.41 bits per heavy atom. The second-order valence-corrected chi connectivity index (χ2v) is 5.66. The molecule has 0 radical (unpaired) electrons. The van der Waals surface area contributed by atoms with Gasteiger partial charge in [-0.25, -0.2) is 4.89 Å². The molecular formula is C18H32O4. The molecule has 4 nitrogen and oxygen atoms in total. The highest BCUT2D eigenvalue weighted by Crippen LogP contribution is 2.12. The minimum absolute atomic E-state index is 0.140. The van der Waals surface area contributed by atoms with Crippen LogP contribution in [-0.2, 0) is 9.68 Å². The summed E-state index contributed by atoms with van der Waals surface area (Å²) >= 11 is 0. The van der Waals surface area contributed by atoms with Gasteiger partial charge in [-0.2, -0.15) is 0 Å². The molecule has 4 heteroatoms. The van der Waals surface area contributed by atoms with E-state index in [1.165, 1.54) is 12.8 Å². The molecule has 1 atom stereocenters. The van der Waals surface area contributed by atoms with E-state index in [2.05, 4.69) is 17.9 Å². The Labute approximate surface area is 134 Å². The van der Waals surface area contributed by atoms with Crippen molar-refractivity contribution in [3.05, 3.63) is 24.3 Å². The monoisotopic (exact) mass is 312 g/mol. The van der Waals surface area contributed by atoms with Crippen molar-refractivity contribution in [1.82, 2.24) is 0 Å².